The Kier molecular flexibility index (Phi) is 5.15. The molecule has 1 atom stereocenters. The molecule has 0 radical (unpaired) electrons. The van der Waals surface area contributed by atoms with Gasteiger partial charge in [-0.05, 0) is 12.1 Å². The molecule has 8 nitrogen and oxygen atoms in total. The summed E-state index contributed by atoms with van der Waals surface area (Å²) in [4.78, 5) is 29.3. The standard InChI is InChI=1S/C21H18N2O6/c1-26-20(24)15-9-23-10-16(21(25)27-11-13-4-3-7-22-8-13)18(15)14-5-2-6-17-19(14)29-12-28-17/h2-10,18,23H,11-12H2,1H3. The molecule has 3 heterocycles. The fourth-order valence-electron chi connectivity index (χ4n) is 3.26. The van der Waals surface area contributed by atoms with Crippen LogP contribution in [0, 0.1) is 0 Å². The Morgan fingerprint density at radius 2 is 1.97 bits per heavy atom. The number of nitrogens with one attached hydrogen (secondary N) is 1. The Morgan fingerprint density at radius 3 is 2.72 bits per heavy atom. The highest BCUT2D eigenvalue weighted by molar-refractivity contribution is 5.99. The maximum Gasteiger partial charge on any atom is 0.336 e. The normalized spacial score (nSPS) is 16.9. The SMILES string of the molecule is COC(=O)C1=CNC=C(C(=O)OCc2cccnc2)C1c1cccc2c1OCO2. The van der Waals surface area contributed by atoms with E-state index in [1.165, 1.54) is 19.5 Å². The monoisotopic (exact) mass is 394 g/mol. The van der Waals surface area contributed by atoms with Crippen LogP contribution >= 0.6 is 0 Å². The maximum atomic E-state index is 12.9. The quantitative estimate of drug-likeness (QED) is 0.771. The molecule has 8 heteroatoms. The lowest BCUT2D eigenvalue weighted by Crippen LogP contribution is -2.27. The Balaban J connectivity index is 1.67. The van der Waals surface area contributed by atoms with Gasteiger partial charge in [0, 0.05) is 35.9 Å². The van der Waals surface area contributed by atoms with Crippen LogP contribution in [0.1, 0.15) is 17.0 Å². The first-order chi connectivity index (χ1) is 14.2. The van der Waals surface area contributed by atoms with Crippen LogP contribution in [0.15, 0.2) is 66.3 Å². The average Bonchev–Trinajstić information content (AvgIpc) is 3.26. The van der Waals surface area contributed by atoms with E-state index in [1.54, 1.807) is 42.7 Å². The number of rotatable bonds is 5. The number of hydrogen-bond acceptors (Lipinski definition) is 8. The number of hydrogen-bond donors (Lipinski definition) is 1. The van der Waals surface area contributed by atoms with Crippen molar-refractivity contribution in [3.05, 3.63) is 77.4 Å². The van der Waals surface area contributed by atoms with Crippen LogP contribution < -0.4 is 14.8 Å². The molecule has 0 amide bonds. The third kappa shape index (κ3) is 3.64. The van der Waals surface area contributed by atoms with Crippen molar-refractivity contribution in [2.24, 2.45) is 0 Å². The number of carbonyl (C=O) groups excluding carboxylic acids is 2. The largest absolute Gasteiger partial charge is 0.466 e. The number of nitrogens with zero attached hydrogens (tertiary/aromatic N) is 1. The summed E-state index contributed by atoms with van der Waals surface area (Å²) >= 11 is 0. The third-order valence-electron chi connectivity index (χ3n) is 4.59. The summed E-state index contributed by atoms with van der Waals surface area (Å²) in [6.45, 7) is 0.125. The molecule has 0 saturated carbocycles. The molecule has 148 valence electrons. The number of methoxy groups -OCH3 is 1. The smallest absolute Gasteiger partial charge is 0.336 e. The summed E-state index contributed by atoms with van der Waals surface area (Å²) < 4.78 is 21.4. The molecule has 4 rings (SSSR count). The lowest BCUT2D eigenvalue weighted by molar-refractivity contribution is -0.140. The lowest BCUT2D eigenvalue weighted by Gasteiger charge is -2.25. The van der Waals surface area contributed by atoms with Crippen LogP contribution in [0.25, 0.3) is 0 Å². The number of aromatic nitrogens is 1. The van der Waals surface area contributed by atoms with Crippen molar-refractivity contribution in [3.63, 3.8) is 0 Å². The molecular formula is C21H18N2O6. The van der Waals surface area contributed by atoms with Crippen LogP contribution in [-0.4, -0.2) is 30.8 Å². The number of para-hydroxylation sites is 1. The van der Waals surface area contributed by atoms with E-state index in [-0.39, 0.29) is 24.5 Å². The molecule has 0 aliphatic carbocycles. The van der Waals surface area contributed by atoms with Gasteiger partial charge in [0.2, 0.25) is 6.79 Å². The van der Waals surface area contributed by atoms with Crippen molar-refractivity contribution in [2.75, 3.05) is 13.9 Å². The van der Waals surface area contributed by atoms with E-state index >= 15 is 0 Å². The topological polar surface area (TPSA) is 96.0 Å². The van der Waals surface area contributed by atoms with Gasteiger partial charge in [-0.3, -0.25) is 4.98 Å². The number of dihydropyridines is 1. The molecular weight excluding hydrogens is 376 g/mol. The second-order valence-corrected chi connectivity index (χ2v) is 6.31. The van der Waals surface area contributed by atoms with Crippen LogP contribution in [0.2, 0.25) is 0 Å². The molecule has 2 aliphatic heterocycles. The predicted molar refractivity (Wildman–Crippen MR) is 101 cm³/mol. The Bertz CT molecular complexity index is 999. The summed E-state index contributed by atoms with van der Waals surface area (Å²) in [5.74, 6) is -0.836. The van der Waals surface area contributed by atoms with E-state index in [0.717, 1.165) is 5.56 Å². The number of carbonyl (C=O) groups is 2. The maximum absolute atomic E-state index is 12.9. The van der Waals surface area contributed by atoms with Crippen LogP contribution in [0.4, 0.5) is 0 Å². The van der Waals surface area contributed by atoms with Crippen LogP contribution in [0.5, 0.6) is 11.5 Å². The molecule has 1 aromatic carbocycles. The van der Waals surface area contributed by atoms with E-state index in [9.17, 15) is 9.59 Å². The highest BCUT2D eigenvalue weighted by atomic mass is 16.7. The predicted octanol–water partition coefficient (Wildman–Crippen LogP) is 2.18. The third-order valence-corrected chi connectivity index (χ3v) is 4.59. The van der Waals surface area contributed by atoms with Crippen molar-refractivity contribution < 1.29 is 28.5 Å². The zero-order chi connectivity index (χ0) is 20.2. The molecule has 29 heavy (non-hydrogen) atoms. The van der Waals surface area contributed by atoms with Gasteiger partial charge in [-0.25, -0.2) is 9.59 Å². The molecule has 0 fully saturated rings. The second-order valence-electron chi connectivity index (χ2n) is 6.31. The van der Waals surface area contributed by atoms with Crippen molar-refractivity contribution in [3.8, 4) is 11.5 Å². The molecule has 2 aromatic rings. The van der Waals surface area contributed by atoms with Crippen molar-refractivity contribution in [2.45, 2.75) is 12.5 Å². The first-order valence-corrected chi connectivity index (χ1v) is 8.88. The first-order valence-electron chi connectivity index (χ1n) is 8.88. The fourth-order valence-corrected chi connectivity index (χ4v) is 3.26. The van der Waals surface area contributed by atoms with Crippen molar-refractivity contribution in [1.82, 2.24) is 10.3 Å². The summed E-state index contributed by atoms with van der Waals surface area (Å²) in [6, 6.07) is 8.88. The summed E-state index contributed by atoms with van der Waals surface area (Å²) in [6.07, 6.45) is 6.27. The molecule has 0 saturated heterocycles. The first kappa shape index (κ1) is 18.5. The minimum absolute atomic E-state index is 0.0561. The number of fused-ring (bicyclic) bond motifs is 1. The fraction of sp³-hybridized carbons (Fsp3) is 0.190. The molecule has 1 unspecified atom stereocenters. The highest BCUT2D eigenvalue weighted by Crippen LogP contribution is 2.45. The number of pyridine rings is 1. The van der Waals surface area contributed by atoms with Crippen molar-refractivity contribution in [1.29, 1.82) is 0 Å². The van der Waals surface area contributed by atoms with E-state index in [4.69, 9.17) is 18.9 Å². The molecule has 1 aromatic heterocycles. The summed E-state index contributed by atoms with van der Waals surface area (Å²) in [5.41, 5.74) is 1.87. The second kappa shape index (κ2) is 8.05. The van der Waals surface area contributed by atoms with Gasteiger partial charge in [-0.1, -0.05) is 18.2 Å². The Labute approximate surface area is 166 Å². The number of benzene rings is 1. The van der Waals surface area contributed by atoms with E-state index < -0.39 is 17.9 Å². The average molecular weight is 394 g/mol. The zero-order valence-corrected chi connectivity index (χ0v) is 15.6. The van der Waals surface area contributed by atoms with E-state index in [0.29, 0.717) is 17.1 Å². The zero-order valence-electron chi connectivity index (χ0n) is 15.6. The van der Waals surface area contributed by atoms with Crippen molar-refractivity contribution >= 4 is 11.9 Å². The molecule has 2 aliphatic rings. The highest BCUT2D eigenvalue weighted by Gasteiger charge is 2.37. The molecule has 0 bridgehead atoms. The summed E-state index contributed by atoms with van der Waals surface area (Å²) in [5, 5.41) is 2.84. The van der Waals surface area contributed by atoms with Gasteiger partial charge < -0.3 is 24.3 Å². The minimum Gasteiger partial charge on any atom is -0.466 e. The number of ether oxygens (including phenoxy) is 4. The molecule has 1 N–H and O–H groups in total. The minimum atomic E-state index is -0.734. The van der Waals surface area contributed by atoms with Crippen LogP contribution in [-0.2, 0) is 25.7 Å². The van der Waals surface area contributed by atoms with Gasteiger partial charge in [0.15, 0.2) is 11.5 Å². The van der Waals surface area contributed by atoms with Crippen LogP contribution in [0.3, 0.4) is 0 Å². The summed E-state index contributed by atoms with van der Waals surface area (Å²) in [7, 11) is 1.29. The van der Waals surface area contributed by atoms with Gasteiger partial charge in [0.25, 0.3) is 0 Å². The number of esters is 2. The molecule has 0 spiro atoms. The van der Waals surface area contributed by atoms with E-state index in [2.05, 4.69) is 10.3 Å². The Hall–Kier alpha value is -3.81. The van der Waals surface area contributed by atoms with Gasteiger partial charge in [-0.15, -0.1) is 0 Å². The van der Waals surface area contributed by atoms with E-state index in [1.807, 2.05) is 0 Å². The van der Waals surface area contributed by atoms with Gasteiger partial charge in [0.05, 0.1) is 24.2 Å². The van der Waals surface area contributed by atoms with Gasteiger partial charge in [0.1, 0.15) is 6.61 Å². The lowest BCUT2D eigenvalue weighted by atomic mass is 9.83. The van der Waals surface area contributed by atoms with Gasteiger partial charge in [-0.2, -0.15) is 0 Å². The Morgan fingerprint density at radius 1 is 1.14 bits per heavy atom. The van der Waals surface area contributed by atoms with Gasteiger partial charge >= 0.3 is 11.9 Å².